The van der Waals surface area contributed by atoms with Crippen molar-refractivity contribution in [1.29, 1.82) is 0 Å². The van der Waals surface area contributed by atoms with E-state index in [0.717, 1.165) is 16.9 Å². The van der Waals surface area contributed by atoms with Gasteiger partial charge in [0.05, 0.1) is 12.0 Å². The Kier molecular flexibility index (Phi) is 4.47. The summed E-state index contributed by atoms with van der Waals surface area (Å²) in [4.78, 5) is 31.7. The number of rotatable bonds is 2. The Balaban J connectivity index is 1.58. The maximum atomic E-state index is 13.9. The van der Waals surface area contributed by atoms with Gasteiger partial charge in [0, 0.05) is 30.6 Å². The van der Waals surface area contributed by atoms with E-state index < -0.39 is 5.92 Å². The number of likely N-dealkylation sites (N-methyl/N-ethyl adjacent to an activating group) is 1. The molecule has 4 nitrogen and oxygen atoms in total. The Labute approximate surface area is 174 Å². The summed E-state index contributed by atoms with van der Waals surface area (Å²) in [7, 11) is 1.81. The van der Waals surface area contributed by atoms with Crippen molar-refractivity contribution >= 4 is 23.2 Å². The van der Waals surface area contributed by atoms with Crippen LogP contribution in [0, 0.1) is 0 Å². The molecule has 3 aromatic rings. The average molecular weight is 403 g/mol. The Morgan fingerprint density at radius 1 is 1.00 bits per heavy atom. The summed E-state index contributed by atoms with van der Waals surface area (Å²) in [5.41, 5.74) is 4.02. The molecule has 5 rings (SSSR count). The van der Waals surface area contributed by atoms with Crippen LogP contribution < -0.4 is 0 Å². The van der Waals surface area contributed by atoms with Crippen molar-refractivity contribution in [2.24, 2.45) is 0 Å². The second-order valence-corrected chi connectivity index (χ2v) is 8.70. The molecule has 2 amide bonds. The zero-order valence-corrected chi connectivity index (χ0v) is 17.1. The molecule has 2 atom stereocenters. The lowest BCUT2D eigenvalue weighted by Gasteiger charge is -2.41. The second-order valence-electron chi connectivity index (χ2n) is 7.72. The summed E-state index contributed by atoms with van der Waals surface area (Å²) in [5.74, 6) is -0.311. The highest BCUT2D eigenvalue weighted by Gasteiger charge is 2.44. The lowest BCUT2D eigenvalue weighted by atomic mass is 9.81. The highest BCUT2D eigenvalue weighted by atomic mass is 32.1. The van der Waals surface area contributed by atoms with Crippen LogP contribution in [0.1, 0.15) is 43.9 Å². The summed E-state index contributed by atoms with van der Waals surface area (Å²) >= 11 is 1.60. The molecule has 2 aliphatic heterocycles. The standard InChI is InChI=1S/C24H22N2O2S/c1-25-22(20-11-6-14-29-20)21(18-9-4-5-10-19(18)23(25)27)24(28)26-13-12-16-7-2-3-8-17(16)15-26/h2-11,14,21-22H,12-13,15H2,1H3/t21-,22-/m1/s1. The predicted molar refractivity (Wildman–Crippen MR) is 114 cm³/mol. The SMILES string of the molecule is CN1C(=O)c2ccccc2[C@@H](C(=O)N2CCc3ccccc3C2)[C@H]1c1cccs1. The molecule has 0 N–H and O–H groups in total. The van der Waals surface area contributed by atoms with Crippen molar-refractivity contribution in [2.45, 2.75) is 24.9 Å². The number of fused-ring (bicyclic) bond motifs is 2. The first-order valence-corrected chi connectivity index (χ1v) is 10.8. The summed E-state index contributed by atoms with van der Waals surface area (Å²) in [6.07, 6.45) is 0.870. The molecule has 146 valence electrons. The number of amides is 2. The van der Waals surface area contributed by atoms with Gasteiger partial charge in [-0.3, -0.25) is 9.59 Å². The van der Waals surface area contributed by atoms with Gasteiger partial charge in [0.25, 0.3) is 5.91 Å². The van der Waals surface area contributed by atoms with E-state index in [1.165, 1.54) is 11.1 Å². The molecule has 0 saturated heterocycles. The lowest BCUT2D eigenvalue weighted by Crippen LogP contribution is -2.47. The quantitative estimate of drug-likeness (QED) is 0.643. The minimum Gasteiger partial charge on any atom is -0.337 e. The Bertz CT molecular complexity index is 1080. The maximum absolute atomic E-state index is 13.9. The molecule has 29 heavy (non-hydrogen) atoms. The third-order valence-corrected chi connectivity index (χ3v) is 7.07. The van der Waals surface area contributed by atoms with E-state index in [1.807, 2.05) is 59.8 Å². The van der Waals surface area contributed by atoms with Crippen molar-refractivity contribution < 1.29 is 9.59 Å². The zero-order chi connectivity index (χ0) is 20.0. The molecule has 0 saturated carbocycles. The van der Waals surface area contributed by atoms with Gasteiger partial charge in [0.15, 0.2) is 0 Å². The van der Waals surface area contributed by atoms with Crippen LogP contribution in [0.4, 0.5) is 0 Å². The second kappa shape index (κ2) is 7.16. The summed E-state index contributed by atoms with van der Waals surface area (Å²) < 4.78 is 0. The molecule has 0 unspecified atom stereocenters. The van der Waals surface area contributed by atoms with E-state index in [1.54, 1.807) is 16.2 Å². The highest BCUT2D eigenvalue weighted by Crippen LogP contribution is 2.44. The van der Waals surface area contributed by atoms with Crippen molar-refractivity contribution in [3.8, 4) is 0 Å². The summed E-state index contributed by atoms with van der Waals surface area (Å²) in [6.45, 7) is 1.34. The van der Waals surface area contributed by atoms with Crippen LogP contribution in [0.3, 0.4) is 0 Å². The number of carbonyl (C=O) groups excluding carboxylic acids is 2. The Hall–Kier alpha value is -2.92. The van der Waals surface area contributed by atoms with Crippen LogP contribution in [0.15, 0.2) is 66.0 Å². The molecule has 0 spiro atoms. The van der Waals surface area contributed by atoms with Gasteiger partial charge >= 0.3 is 0 Å². The van der Waals surface area contributed by atoms with Crippen LogP contribution in [-0.2, 0) is 17.8 Å². The minimum absolute atomic E-state index is 0.0213. The van der Waals surface area contributed by atoms with Crippen LogP contribution >= 0.6 is 11.3 Å². The smallest absolute Gasteiger partial charge is 0.254 e. The van der Waals surface area contributed by atoms with E-state index in [-0.39, 0.29) is 17.9 Å². The van der Waals surface area contributed by atoms with Crippen molar-refractivity contribution in [3.05, 3.63) is 93.2 Å². The fourth-order valence-corrected chi connectivity index (χ4v) is 5.54. The molecule has 5 heteroatoms. The number of thiophene rings is 1. The number of nitrogens with zero attached hydrogens (tertiary/aromatic N) is 2. The van der Waals surface area contributed by atoms with E-state index >= 15 is 0 Å². The fraction of sp³-hybridized carbons (Fsp3) is 0.250. The minimum atomic E-state index is -0.391. The molecule has 0 radical (unpaired) electrons. The molecule has 2 aliphatic rings. The molecular weight excluding hydrogens is 380 g/mol. The topological polar surface area (TPSA) is 40.6 Å². The monoisotopic (exact) mass is 402 g/mol. The first-order chi connectivity index (χ1) is 14.1. The maximum Gasteiger partial charge on any atom is 0.254 e. The van der Waals surface area contributed by atoms with Gasteiger partial charge in [-0.25, -0.2) is 0 Å². The van der Waals surface area contributed by atoms with Gasteiger partial charge in [0.2, 0.25) is 5.91 Å². The number of hydrogen-bond acceptors (Lipinski definition) is 3. The van der Waals surface area contributed by atoms with E-state index in [4.69, 9.17) is 0 Å². The molecule has 0 bridgehead atoms. The molecule has 2 aromatic carbocycles. The van der Waals surface area contributed by atoms with Crippen LogP contribution in [0.25, 0.3) is 0 Å². The summed E-state index contributed by atoms with van der Waals surface area (Å²) in [5, 5.41) is 2.01. The van der Waals surface area contributed by atoms with Gasteiger partial charge in [-0.15, -0.1) is 11.3 Å². The highest BCUT2D eigenvalue weighted by molar-refractivity contribution is 7.10. The molecule has 3 heterocycles. The van der Waals surface area contributed by atoms with E-state index in [0.29, 0.717) is 18.7 Å². The molecule has 1 aromatic heterocycles. The van der Waals surface area contributed by atoms with E-state index in [2.05, 4.69) is 18.2 Å². The molecule has 0 aliphatic carbocycles. The van der Waals surface area contributed by atoms with Crippen LogP contribution in [0.2, 0.25) is 0 Å². The summed E-state index contributed by atoms with van der Waals surface area (Å²) in [6, 6.07) is 19.7. The van der Waals surface area contributed by atoms with Crippen molar-refractivity contribution in [2.75, 3.05) is 13.6 Å². The normalized spacial score (nSPS) is 20.9. The van der Waals surface area contributed by atoms with Crippen LogP contribution in [-0.4, -0.2) is 35.2 Å². The Morgan fingerprint density at radius 2 is 1.76 bits per heavy atom. The average Bonchev–Trinajstić information content (AvgIpc) is 3.29. The lowest BCUT2D eigenvalue weighted by molar-refractivity contribution is -0.135. The third kappa shape index (κ3) is 2.97. The fourth-order valence-electron chi connectivity index (χ4n) is 4.64. The van der Waals surface area contributed by atoms with Gasteiger partial charge in [-0.2, -0.15) is 0 Å². The van der Waals surface area contributed by atoms with Gasteiger partial charge in [-0.1, -0.05) is 48.5 Å². The van der Waals surface area contributed by atoms with E-state index in [9.17, 15) is 9.59 Å². The van der Waals surface area contributed by atoms with Crippen LogP contribution in [0.5, 0.6) is 0 Å². The van der Waals surface area contributed by atoms with Gasteiger partial charge in [0.1, 0.15) is 0 Å². The predicted octanol–water partition coefficient (Wildman–Crippen LogP) is 4.24. The number of carbonyl (C=O) groups is 2. The molecular formula is C24H22N2O2S. The molecule has 0 fully saturated rings. The van der Waals surface area contributed by atoms with Crippen molar-refractivity contribution in [3.63, 3.8) is 0 Å². The Morgan fingerprint density at radius 3 is 2.55 bits per heavy atom. The third-order valence-electron chi connectivity index (χ3n) is 6.12. The first-order valence-electron chi connectivity index (χ1n) is 9.90. The first kappa shape index (κ1) is 18.1. The largest absolute Gasteiger partial charge is 0.337 e. The zero-order valence-electron chi connectivity index (χ0n) is 16.2. The number of benzene rings is 2. The van der Waals surface area contributed by atoms with Gasteiger partial charge < -0.3 is 9.80 Å². The van der Waals surface area contributed by atoms with Crippen molar-refractivity contribution in [1.82, 2.24) is 9.80 Å². The van der Waals surface area contributed by atoms with Gasteiger partial charge in [-0.05, 0) is 40.6 Å². The number of hydrogen-bond donors (Lipinski definition) is 0.